The van der Waals surface area contributed by atoms with Crippen LogP contribution in [0.3, 0.4) is 0 Å². The van der Waals surface area contributed by atoms with Crippen molar-refractivity contribution in [1.29, 1.82) is 0 Å². The largest absolute Gasteiger partial charge is 0.456 e. The highest BCUT2D eigenvalue weighted by molar-refractivity contribution is 6.13. The summed E-state index contributed by atoms with van der Waals surface area (Å²) in [5, 5.41) is 0.953. The lowest BCUT2D eigenvalue weighted by atomic mass is 9.67. The fourth-order valence-corrected chi connectivity index (χ4v) is 11.3. The van der Waals surface area contributed by atoms with Crippen LogP contribution in [0.15, 0.2) is 253 Å². The van der Waals surface area contributed by atoms with Crippen LogP contribution in [0.2, 0.25) is 0 Å². The van der Waals surface area contributed by atoms with Crippen LogP contribution >= 0.6 is 0 Å². The van der Waals surface area contributed by atoms with E-state index in [1.54, 1.807) is 0 Å². The van der Waals surface area contributed by atoms with Gasteiger partial charge in [-0.1, -0.05) is 206 Å². The Balaban J connectivity index is 1.14. The monoisotopic (exact) mass is 819 g/mol. The van der Waals surface area contributed by atoms with Crippen LogP contribution in [0, 0.1) is 0 Å². The first-order chi connectivity index (χ1) is 33.4. The highest BCUT2D eigenvalue weighted by Crippen LogP contribution is 2.59. The van der Waals surface area contributed by atoms with Gasteiger partial charge in [0.05, 0.1) is 27.4 Å². The number of rotatable bonds is 7. The molecule has 1 aromatic heterocycles. The van der Waals surface area contributed by atoms with E-state index in [1.807, 2.05) is 18.2 Å². The normalized spacial score (nSPS) is 14.8. The molecule has 11 aromatic rings. The first-order valence-corrected chi connectivity index (χ1v) is 21.8. The Kier molecular flexibility index (Phi) is 7.20. The lowest BCUT2D eigenvalue weighted by molar-refractivity contribution is 0.669. The molecular weight excluding hydrogens is 775 g/mol. The zero-order valence-electron chi connectivity index (χ0n) is 38.7. The van der Waals surface area contributed by atoms with E-state index >= 15 is 0 Å². The van der Waals surface area contributed by atoms with Gasteiger partial charge in [-0.15, -0.1) is 0 Å². The van der Waals surface area contributed by atoms with Crippen LogP contribution in [0.5, 0.6) is 0 Å². The van der Waals surface area contributed by atoms with Gasteiger partial charge in [0.15, 0.2) is 0 Å². The molecule has 0 N–H and O–H groups in total. The maximum absolute atomic E-state index is 9.33. The van der Waals surface area contributed by atoms with Gasteiger partial charge in [0, 0.05) is 16.8 Å². The SMILES string of the molecule is [2H]c1c([2H])c([2H])c2c(oc3cccc(N(c4cccc(C5(c6ccccc6)c6ccccc6-c6ccccc65)c4)c4ccc5c(c4)C(c4ccccc4)(c4ccccc4)c4ccccc4-5)c32)c1[2H]. The minimum atomic E-state index is -0.668. The number of nitrogens with zero attached hydrogens (tertiary/aromatic N) is 1. The summed E-state index contributed by atoms with van der Waals surface area (Å²) >= 11 is 0. The number of hydrogen-bond donors (Lipinski definition) is 0. The molecule has 2 heteroatoms. The molecule has 0 fully saturated rings. The molecule has 0 saturated heterocycles. The summed E-state index contributed by atoms with van der Waals surface area (Å²) in [5.74, 6) is 0. The van der Waals surface area contributed by atoms with Gasteiger partial charge in [0.1, 0.15) is 11.2 Å². The van der Waals surface area contributed by atoms with Crippen molar-refractivity contribution in [2.75, 3.05) is 4.90 Å². The fraction of sp³-hybridized carbons (Fsp3) is 0.0323. The molecule has 0 bridgehead atoms. The topological polar surface area (TPSA) is 16.4 Å². The first-order valence-electron chi connectivity index (χ1n) is 23.8. The second-order valence-corrected chi connectivity index (χ2v) is 16.8. The Morgan fingerprint density at radius 3 is 1.42 bits per heavy atom. The van der Waals surface area contributed by atoms with E-state index < -0.39 is 10.8 Å². The van der Waals surface area contributed by atoms with Gasteiger partial charge in [0.2, 0.25) is 0 Å². The summed E-state index contributed by atoms with van der Waals surface area (Å²) in [5.41, 5.74) is 15.8. The number of fused-ring (bicyclic) bond motifs is 9. The molecule has 300 valence electrons. The summed E-state index contributed by atoms with van der Waals surface area (Å²) in [4.78, 5) is 2.26. The number of para-hydroxylation sites is 1. The van der Waals surface area contributed by atoms with Crippen molar-refractivity contribution >= 4 is 39.0 Å². The predicted octanol–water partition coefficient (Wildman–Crippen LogP) is 15.8. The smallest absolute Gasteiger partial charge is 0.137 e. The molecule has 10 aromatic carbocycles. The molecule has 2 nitrogen and oxygen atoms in total. The first kappa shape index (κ1) is 32.5. The van der Waals surface area contributed by atoms with Crippen LogP contribution in [0.4, 0.5) is 17.1 Å². The highest BCUT2D eigenvalue weighted by atomic mass is 16.3. The summed E-state index contributed by atoms with van der Waals surface area (Å²) in [6, 6.07) is 79.1. The van der Waals surface area contributed by atoms with Crippen molar-refractivity contribution in [2.45, 2.75) is 10.8 Å². The van der Waals surface area contributed by atoms with Crippen LogP contribution in [0.25, 0.3) is 44.2 Å². The quantitative estimate of drug-likeness (QED) is 0.159. The Labute approximate surface area is 378 Å². The van der Waals surface area contributed by atoms with Gasteiger partial charge < -0.3 is 9.32 Å². The molecule has 0 aliphatic heterocycles. The molecule has 0 radical (unpaired) electrons. The van der Waals surface area contributed by atoms with E-state index in [1.165, 1.54) is 33.4 Å². The van der Waals surface area contributed by atoms with Crippen molar-refractivity contribution in [3.05, 3.63) is 293 Å². The van der Waals surface area contributed by atoms with Crippen molar-refractivity contribution in [3.63, 3.8) is 0 Å². The van der Waals surface area contributed by atoms with E-state index in [2.05, 4.69) is 211 Å². The van der Waals surface area contributed by atoms with Crippen LogP contribution < -0.4 is 4.90 Å². The molecule has 0 amide bonds. The van der Waals surface area contributed by atoms with Crippen LogP contribution in [-0.2, 0) is 10.8 Å². The summed E-state index contributed by atoms with van der Waals surface area (Å²) in [7, 11) is 0. The van der Waals surface area contributed by atoms with Gasteiger partial charge in [-0.3, -0.25) is 0 Å². The summed E-state index contributed by atoms with van der Waals surface area (Å²) < 4.78 is 42.2. The zero-order valence-corrected chi connectivity index (χ0v) is 34.7. The third-order valence-electron chi connectivity index (χ3n) is 13.8. The minimum Gasteiger partial charge on any atom is -0.456 e. The van der Waals surface area contributed by atoms with E-state index in [4.69, 9.17) is 8.53 Å². The average Bonchev–Trinajstić information content (AvgIpc) is 4.04. The summed E-state index contributed by atoms with van der Waals surface area (Å²) in [6.45, 7) is 0. The van der Waals surface area contributed by atoms with E-state index in [0.29, 0.717) is 16.4 Å². The molecule has 0 atom stereocenters. The van der Waals surface area contributed by atoms with Crippen molar-refractivity contribution in [2.24, 2.45) is 0 Å². The molecular formula is C62H41NO. The molecule has 0 spiro atoms. The third kappa shape index (κ3) is 5.02. The Hall–Kier alpha value is -8.20. The molecule has 0 saturated carbocycles. The lowest BCUT2D eigenvalue weighted by Crippen LogP contribution is -2.29. The highest BCUT2D eigenvalue weighted by Gasteiger charge is 2.48. The summed E-state index contributed by atoms with van der Waals surface area (Å²) in [6.07, 6.45) is 0. The van der Waals surface area contributed by atoms with Gasteiger partial charge in [0.25, 0.3) is 0 Å². The standard InChI is InChI=1S/C62H41NO/c1-4-20-42(21-5-1)61(43-22-6-2-7-23-43)53-32-14-12-30-50(53)51-39-38-47(41-56(51)61)63(57-35-19-37-59-60(57)52-31-13-17-36-58(52)64-59)46-27-18-26-45(40-46)62(44-24-8-3-9-25-44)54-33-15-10-28-48(54)49-29-11-16-34-55(49)62/h1-41H/i13D,17D,31D,36D. The predicted molar refractivity (Wildman–Crippen MR) is 263 cm³/mol. The van der Waals surface area contributed by atoms with Crippen LogP contribution in [0.1, 0.15) is 50.0 Å². The molecule has 64 heavy (non-hydrogen) atoms. The molecule has 0 unspecified atom stereocenters. The van der Waals surface area contributed by atoms with Gasteiger partial charge in [-0.25, -0.2) is 0 Å². The van der Waals surface area contributed by atoms with Crippen molar-refractivity contribution in [3.8, 4) is 22.3 Å². The van der Waals surface area contributed by atoms with E-state index in [9.17, 15) is 1.37 Å². The minimum absolute atomic E-state index is 0.130. The number of anilines is 3. The lowest BCUT2D eigenvalue weighted by Gasteiger charge is -2.36. The fourth-order valence-electron chi connectivity index (χ4n) is 11.3. The molecule has 13 rings (SSSR count). The maximum Gasteiger partial charge on any atom is 0.137 e. The zero-order chi connectivity index (χ0) is 45.7. The maximum atomic E-state index is 9.33. The molecule has 1 heterocycles. The average molecular weight is 820 g/mol. The third-order valence-corrected chi connectivity index (χ3v) is 13.8. The second-order valence-electron chi connectivity index (χ2n) is 16.8. The van der Waals surface area contributed by atoms with E-state index in [0.717, 1.165) is 50.4 Å². The van der Waals surface area contributed by atoms with E-state index in [-0.39, 0.29) is 29.8 Å². The molecule has 2 aliphatic carbocycles. The van der Waals surface area contributed by atoms with Crippen LogP contribution in [-0.4, -0.2) is 0 Å². The van der Waals surface area contributed by atoms with Gasteiger partial charge in [-0.05, 0) is 109 Å². The Bertz CT molecular complexity index is 3720. The molecule has 2 aliphatic rings. The van der Waals surface area contributed by atoms with Crippen molar-refractivity contribution in [1.82, 2.24) is 0 Å². The Morgan fingerprint density at radius 2 is 0.828 bits per heavy atom. The Morgan fingerprint density at radius 1 is 0.359 bits per heavy atom. The number of benzene rings is 10. The van der Waals surface area contributed by atoms with Crippen molar-refractivity contribution < 1.29 is 9.90 Å². The van der Waals surface area contributed by atoms with Gasteiger partial charge in [-0.2, -0.15) is 0 Å². The van der Waals surface area contributed by atoms with Gasteiger partial charge >= 0.3 is 0 Å². The number of hydrogen-bond acceptors (Lipinski definition) is 2. The number of furan rings is 1. The second kappa shape index (κ2) is 14.2.